The van der Waals surface area contributed by atoms with E-state index in [0.717, 1.165) is 22.3 Å². The van der Waals surface area contributed by atoms with Gasteiger partial charge in [0.15, 0.2) is 5.69 Å². The van der Waals surface area contributed by atoms with Crippen LogP contribution in [0.2, 0.25) is 0 Å². The van der Waals surface area contributed by atoms with Gasteiger partial charge in [0.05, 0.1) is 17.8 Å². The minimum atomic E-state index is -1.000. The topological polar surface area (TPSA) is 54.5 Å². The summed E-state index contributed by atoms with van der Waals surface area (Å²) in [6, 6.07) is 16.4. The molecule has 0 saturated carbocycles. The van der Waals surface area contributed by atoms with Crippen molar-refractivity contribution in [3.63, 3.8) is 0 Å². The maximum Gasteiger partial charge on any atom is 0.335 e. The number of aromatic nitrogens is 1. The zero-order valence-electron chi connectivity index (χ0n) is 13.0. The van der Waals surface area contributed by atoms with Gasteiger partial charge >= 0.3 is 5.97 Å². The van der Waals surface area contributed by atoms with E-state index in [0.29, 0.717) is 11.4 Å². The van der Waals surface area contributed by atoms with E-state index < -0.39 is 5.97 Å². The average molecular weight is 314 g/mol. The SMILES string of the molecule is [C-]#[N+]c1cc(-c2cc(C(=O)O)ccn2)ccc1-c1cccc(C)c1. The first kappa shape index (κ1) is 15.4. The highest BCUT2D eigenvalue weighted by Crippen LogP contribution is 2.34. The standard InChI is InChI=1S/C20H14N2O2/c1-13-4-3-5-14(10-13)17-7-6-15(11-19(17)21-2)18-12-16(20(23)24)8-9-22-18/h3-12H,1H3,(H,23,24). The van der Waals surface area contributed by atoms with E-state index in [9.17, 15) is 4.79 Å². The van der Waals surface area contributed by atoms with Crippen LogP contribution in [0.1, 0.15) is 15.9 Å². The van der Waals surface area contributed by atoms with Crippen LogP contribution in [-0.2, 0) is 0 Å². The molecule has 0 aliphatic carbocycles. The van der Waals surface area contributed by atoms with E-state index in [1.54, 1.807) is 6.07 Å². The van der Waals surface area contributed by atoms with Gasteiger partial charge in [-0.3, -0.25) is 4.98 Å². The Kier molecular flexibility index (Phi) is 4.09. The van der Waals surface area contributed by atoms with Crippen LogP contribution in [0.3, 0.4) is 0 Å². The molecule has 0 amide bonds. The van der Waals surface area contributed by atoms with E-state index in [1.807, 2.05) is 43.3 Å². The molecule has 3 rings (SSSR count). The number of hydrogen-bond donors (Lipinski definition) is 1. The number of aromatic carboxylic acids is 1. The van der Waals surface area contributed by atoms with E-state index in [2.05, 4.69) is 9.83 Å². The molecule has 1 heterocycles. The molecule has 0 aliphatic heterocycles. The van der Waals surface area contributed by atoms with Gasteiger partial charge in [0.25, 0.3) is 0 Å². The first-order valence-corrected chi connectivity index (χ1v) is 7.37. The molecule has 0 saturated heterocycles. The zero-order valence-corrected chi connectivity index (χ0v) is 13.0. The fraction of sp³-hybridized carbons (Fsp3) is 0.0500. The van der Waals surface area contributed by atoms with Gasteiger partial charge in [-0.05, 0) is 41.8 Å². The van der Waals surface area contributed by atoms with Gasteiger partial charge in [0, 0.05) is 6.20 Å². The van der Waals surface area contributed by atoms with Crippen molar-refractivity contribution in [3.05, 3.63) is 83.3 Å². The van der Waals surface area contributed by atoms with Crippen LogP contribution >= 0.6 is 0 Å². The monoisotopic (exact) mass is 314 g/mol. The van der Waals surface area contributed by atoms with Crippen molar-refractivity contribution in [1.82, 2.24) is 4.98 Å². The van der Waals surface area contributed by atoms with Crippen LogP contribution in [0.4, 0.5) is 5.69 Å². The maximum atomic E-state index is 11.1. The van der Waals surface area contributed by atoms with Gasteiger partial charge in [0.1, 0.15) is 0 Å². The molecule has 0 unspecified atom stereocenters. The number of rotatable bonds is 3. The predicted molar refractivity (Wildman–Crippen MR) is 93.1 cm³/mol. The van der Waals surface area contributed by atoms with Crippen LogP contribution in [0.5, 0.6) is 0 Å². The smallest absolute Gasteiger partial charge is 0.335 e. The van der Waals surface area contributed by atoms with Crippen LogP contribution < -0.4 is 0 Å². The van der Waals surface area contributed by atoms with Crippen LogP contribution in [0, 0.1) is 13.5 Å². The minimum Gasteiger partial charge on any atom is -0.478 e. The second-order valence-corrected chi connectivity index (χ2v) is 5.45. The number of carboxylic acids is 1. The molecular formula is C20H14N2O2. The summed E-state index contributed by atoms with van der Waals surface area (Å²) in [6.07, 6.45) is 1.46. The largest absolute Gasteiger partial charge is 0.478 e. The normalized spacial score (nSPS) is 10.2. The predicted octanol–water partition coefficient (Wildman–Crippen LogP) is 4.97. The van der Waals surface area contributed by atoms with Crippen molar-refractivity contribution in [3.8, 4) is 22.4 Å². The molecule has 4 nitrogen and oxygen atoms in total. The molecule has 4 heteroatoms. The Morgan fingerprint density at radius 3 is 2.62 bits per heavy atom. The van der Waals surface area contributed by atoms with Crippen molar-refractivity contribution in [2.24, 2.45) is 0 Å². The van der Waals surface area contributed by atoms with Gasteiger partial charge in [-0.1, -0.05) is 42.0 Å². The average Bonchev–Trinajstić information content (AvgIpc) is 2.61. The fourth-order valence-electron chi connectivity index (χ4n) is 2.56. The summed E-state index contributed by atoms with van der Waals surface area (Å²) < 4.78 is 0. The highest BCUT2D eigenvalue weighted by Gasteiger charge is 2.10. The van der Waals surface area contributed by atoms with Gasteiger partial charge < -0.3 is 5.11 Å². The van der Waals surface area contributed by atoms with E-state index >= 15 is 0 Å². The molecular weight excluding hydrogens is 300 g/mol. The van der Waals surface area contributed by atoms with Crippen molar-refractivity contribution in [2.45, 2.75) is 6.92 Å². The fourth-order valence-corrected chi connectivity index (χ4v) is 2.56. The lowest BCUT2D eigenvalue weighted by molar-refractivity contribution is 0.0697. The Labute approximate surface area is 139 Å². The van der Waals surface area contributed by atoms with Crippen molar-refractivity contribution in [1.29, 1.82) is 0 Å². The quantitative estimate of drug-likeness (QED) is 0.694. The summed E-state index contributed by atoms with van der Waals surface area (Å²) in [5, 5.41) is 9.10. The second kappa shape index (κ2) is 6.35. The van der Waals surface area contributed by atoms with E-state index in [-0.39, 0.29) is 5.56 Å². The molecule has 1 N–H and O–H groups in total. The lowest BCUT2D eigenvalue weighted by Gasteiger charge is -2.08. The van der Waals surface area contributed by atoms with Crippen molar-refractivity contribution >= 4 is 11.7 Å². The number of carbonyl (C=O) groups is 1. The van der Waals surface area contributed by atoms with E-state index in [1.165, 1.54) is 18.3 Å². The summed E-state index contributed by atoms with van der Waals surface area (Å²) in [4.78, 5) is 18.9. The Hall–Kier alpha value is -3.45. The van der Waals surface area contributed by atoms with Gasteiger partial charge in [-0.2, -0.15) is 0 Å². The summed E-state index contributed by atoms with van der Waals surface area (Å²) in [5.41, 5.74) is 4.92. The van der Waals surface area contributed by atoms with Crippen molar-refractivity contribution < 1.29 is 9.90 Å². The highest BCUT2D eigenvalue weighted by molar-refractivity contribution is 5.89. The molecule has 2 aromatic carbocycles. The first-order chi connectivity index (χ1) is 11.6. The molecule has 0 bridgehead atoms. The molecule has 1 aromatic heterocycles. The molecule has 0 radical (unpaired) electrons. The molecule has 0 aliphatic rings. The minimum absolute atomic E-state index is 0.173. The van der Waals surface area contributed by atoms with Crippen LogP contribution in [-0.4, -0.2) is 16.1 Å². The number of pyridine rings is 1. The molecule has 116 valence electrons. The number of nitrogens with zero attached hydrogens (tertiary/aromatic N) is 2. The Balaban J connectivity index is 2.09. The van der Waals surface area contributed by atoms with Gasteiger partial charge in [-0.25, -0.2) is 9.64 Å². The van der Waals surface area contributed by atoms with Gasteiger partial charge in [-0.15, -0.1) is 0 Å². The summed E-state index contributed by atoms with van der Waals surface area (Å²) in [7, 11) is 0. The Morgan fingerprint density at radius 1 is 1.08 bits per heavy atom. The number of carboxylic acid groups (broad SMARTS) is 1. The van der Waals surface area contributed by atoms with E-state index in [4.69, 9.17) is 11.7 Å². The zero-order chi connectivity index (χ0) is 17.1. The van der Waals surface area contributed by atoms with Crippen molar-refractivity contribution in [2.75, 3.05) is 0 Å². The molecule has 3 aromatic rings. The summed E-state index contributed by atoms with van der Waals surface area (Å²) in [5.74, 6) is -1.000. The summed E-state index contributed by atoms with van der Waals surface area (Å²) >= 11 is 0. The molecule has 0 atom stereocenters. The third-order valence-electron chi connectivity index (χ3n) is 3.75. The molecule has 24 heavy (non-hydrogen) atoms. The highest BCUT2D eigenvalue weighted by atomic mass is 16.4. The Morgan fingerprint density at radius 2 is 1.92 bits per heavy atom. The summed E-state index contributed by atoms with van der Waals surface area (Å²) in [6.45, 7) is 9.48. The first-order valence-electron chi connectivity index (χ1n) is 7.37. The lowest BCUT2D eigenvalue weighted by Crippen LogP contribution is -1.97. The van der Waals surface area contributed by atoms with Gasteiger partial charge in [0.2, 0.25) is 0 Å². The van der Waals surface area contributed by atoms with Crippen LogP contribution in [0.25, 0.3) is 27.2 Å². The number of benzene rings is 2. The number of aryl methyl sites for hydroxylation is 1. The maximum absolute atomic E-state index is 11.1. The molecule has 0 spiro atoms. The third kappa shape index (κ3) is 3.01. The molecule has 0 fully saturated rings. The van der Waals surface area contributed by atoms with Crippen LogP contribution in [0.15, 0.2) is 60.8 Å². The number of hydrogen-bond acceptors (Lipinski definition) is 2. The lowest BCUT2D eigenvalue weighted by atomic mass is 9.99. The third-order valence-corrected chi connectivity index (χ3v) is 3.75. The Bertz CT molecular complexity index is 971. The second-order valence-electron chi connectivity index (χ2n) is 5.45.